The Hall–Kier alpha value is -2.77. The van der Waals surface area contributed by atoms with Crippen molar-refractivity contribution < 1.29 is 19.0 Å². The molecule has 0 bridgehead atoms. The maximum absolute atomic E-state index is 12.5. The van der Waals surface area contributed by atoms with Gasteiger partial charge in [-0.15, -0.1) is 6.58 Å². The van der Waals surface area contributed by atoms with Crippen LogP contribution in [0.5, 0.6) is 17.2 Å². The molecule has 0 unspecified atom stereocenters. The minimum atomic E-state index is -0.108. The highest BCUT2D eigenvalue weighted by Crippen LogP contribution is 2.34. The summed E-state index contributed by atoms with van der Waals surface area (Å²) in [4.78, 5) is 14.6. The highest BCUT2D eigenvalue weighted by molar-refractivity contribution is 8.26. The van der Waals surface area contributed by atoms with Gasteiger partial charge in [-0.05, 0) is 60.9 Å². The van der Waals surface area contributed by atoms with Crippen LogP contribution in [0.4, 0.5) is 0 Å². The molecule has 2 aromatic rings. The second-order valence-electron chi connectivity index (χ2n) is 7.29. The van der Waals surface area contributed by atoms with Crippen LogP contribution in [0, 0.1) is 13.8 Å². The number of ether oxygens (including phenoxy) is 3. The van der Waals surface area contributed by atoms with Gasteiger partial charge >= 0.3 is 0 Å². The second kappa shape index (κ2) is 11.2. The molecule has 1 aliphatic rings. The van der Waals surface area contributed by atoms with Crippen LogP contribution in [-0.2, 0) is 4.79 Å². The van der Waals surface area contributed by atoms with E-state index in [0.29, 0.717) is 40.5 Å². The smallest absolute Gasteiger partial charge is 0.266 e. The molecule has 1 amide bonds. The van der Waals surface area contributed by atoms with Gasteiger partial charge in [-0.2, -0.15) is 0 Å². The molecule has 7 heteroatoms. The average molecular weight is 470 g/mol. The Morgan fingerprint density at radius 1 is 1.06 bits per heavy atom. The van der Waals surface area contributed by atoms with Gasteiger partial charge in [-0.1, -0.05) is 42.2 Å². The van der Waals surface area contributed by atoms with Gasteiger partial charge in [0.15, 0.2) is 11.5 Å². The van der Waals surface area contributed by atoms with Gasteiger partial charge in [0.2, 0.25) is 0 Å². The van der Waals surface area contributed by atoms with Crippen LogP contribution >= 0.6 is 24.0 Å². The molecule has 1 heterocycles. The van der Waals surface area contributed by atoms with Crippen molar-refractivity contribution in [2.24, 2.45) is 0 Å². The molecule has 2 aromatic carbocycles. The lowest BCUT2D eigenvalue weighted by Crippen LogP contribution is -2.27. The highest BCUT2D eigenvalue weighted by Gasteiger charge is 2.31. The lowest BCUT2D eigenvalue weighted by atomic mass is 10.1. The van der Waals surface area contributed by atoms with Gasteiger partial charge in [-0.3, -0.25) is 9.69 Å². The largest absolute Gasteiger partial charge is 0.493 e. The minimum absolute atomic E-state index is 0.108. The zero-order valence-electron chi connectivity index (χ0n) is 18.6. The number of aryl methyl sites for hydroxylation is 2. The number of carbonyl (C=O) groups excluding carboxylic acids is 1. The van der Waals surface area contributed by atoms with E-state index in [1.54, 1.807) is 13.2 Å². The van der Waals surface area contributed by atoms with E-state index in [9.17, 15) is 4.79 Å². The third-order valence-corrected chi connectivity index (χ3v) is 6.34. The number of hydrogen-bond acceptors (Lipinski definition) is 6. The number of amides is 1. The minimum Gasteiger partial charge on any atom is -0.493 e. The summed E-state index contributed by atoms with van der Waals surface area (Å²) in [6.45, 7) is 9.30. The molecule has 5 nitrogen and oxygen atoms in total. The van der Waals surface area contributed by atoms with Crippen molar-refractivity contribution in [2.45, 2.75) is 20.3 Å². The number of rotatable bonds is 10. The van der Waals surface area contributed by atoms with E-state index in [4.69, 9.17) is 26.4 Å². The van der Waals surface area contributed by atoms with Crippen LogP contribution in [0.2, 0.25) is 0 Å². The van der Waals surface area contributed by atoms with Gasteiger partial charge in [-0.25, -0.2) is 0 Å². The van der Waals surface area contributed by atoms with E-state index < -0.39 is 0 Å². The predicted molar refractivity (Wildman–Crippen MR) is 135 cm³/mol. The van der Waals surface area contributed by atoms with Gasteiger partial charge in [0, 0.05) is 13.0 Å². The number of thioether (sulfide) groups is 1. The maximum atomic E-state index is 12.5. The van der Waals surface area contributed by atoms with Crippen molar-refractivity contribution in [1.29, 1.82) is 0 Å². The summed E-state index contributed by atoms with van der Waals surface area (Å²) in [5, 5.41) is 0. The summed E-state index contributed by atoms with van der Waals surface area (Å²) in [5.41, 5.74) is 3.30. The normalized spacial score (nSPS) is 14.7. The van der Waals surface area contributed by atoms with Crippen molar-refractivity contribution in [3.63, 3.8) is 0 Å². The Bertz CT molecular complexity index is 1050. The Labute approximate surface area is 199 Å². The van der Waals surface area contributed by atoms with Crippen LogP contribution in [0.25, 0.3) is 6.08 Å². The van der Waals surface area contributed by atoms with Crippen LogP contribution < -0.4 is 14.2 Å². The molecule has 0 atom stereocenters. The molecule has 0 radical (unpaired) electrons. The second-order valence-corrected chi connectivity index (χ2v) is 8.96. The predicted octanol–water partition coefficient (Wildman–Crippen LogP) is 5.55. The first-order chi connectivity index (χ1) is 15.4. The number of thiocarbonyl (C=S) groups is 1. The first-order valence-electron chi connectivity index (χ1n) is 10.3. The number of hydrogen-bond donors (Lipinski definition) is 0. The monoisotopic (exact) mass is 469 g/mol. The van der Waals surface area contributed by atoms with E-state index in [2.05, 4.69) is 26.5 Å². The Kier molecular flexibility index (Phi) is 8.36. The van der Waals surface area contributed by atoms with Crippen LogP contribution in [0.15, 0.2) is 54.0 Å². The molecule has 1 saturated heterocycles. The number of benzene rings is 2. The van der Waals surface area contributed by atoms with Gasteiger partial charge < -0.3 is 14.2 Å². The van der Waals surface area contributed by atoms with Crippen molar-refractivity contribution >= 4 is 40.3 Å². The fraction of sp³-hybridized carbons (Fsp3) is 0.280. The van der Waals surface area contributed by atoms with Crippen molar-refractivity contribution in [3.05, 3.63) is 70.6 Å². The molecule has 32 heavy (non-hydrogen) atoms. The summed E-state index contributed by atoms with van der Waals surface area (Å²) in [6.07, 6.45) is 4.21. The zero-order chi connectivity index (χ0) is 23.1. The average Bonchev–Trinajstić information content (AvgIpc) is 3.04. The molecule has 0 aromatic heterocycles. The third kappa shape index (κ3) is 5.93. The first kappa shape index (κ1) is 23.9. The third-order valence-electron chi connectivity index (χ3n) is 4.96. The highest BCUT2D eigenvalue weighted by atomic mass is 32.2. The van der Waals surface area contributed by atoms with E-state index in [0.717, 1.165) is 17.7 Å². The lowest BCUT2D eigenvalue weighted by molar-refractivity contribution is -0.121. The summed E-state index contributed by atoms with van der Waals surface area (Å²) in [5.74, 6) is 2.02. The molecule has 0 spiro atoms. The molecule has 1 fully saturated rings. The number of methoxy groups -OCH3 is 1. The quantitative estimate of drug-likeness (QED) is 0.197. The Morgan fingerprint density at radius 2 is 1.84 bits per heavy atom. The topological polar surface area (TPSA) is 48.0 Å². The fourth-order valence-corrected chi connectivity index (χ4v) is 4.34. The van der Waals surface area contributed by atoms with E-state index in [1.807, 2.05) is 36.4 Å². The SMILES string of the molecule is C=CCN1C(=O)/C(=C\c2ccc(OCCCOc3ccc(C)c(C)c3)c(OC)c2)SC1=S. The molecule has 1 aliphatic heterocycles. The van der Waals surface area contributed by atoms with Crippen molar-refractivity contribution in [1.82, 2.24) is 4.90 Å². The molecule has 0 saturated carbocycles. The number of carbonyl (C=O) groups is 1. The molecular formula is C25H27NO4S2. The van der Waals surface area contributed by atoms with E-state index >= 15 is 0 Å². The van der Waals surface area contributed by atoms with Crippen molar-refractivity contribution in [3.8, 4) is 17.2 Å². The van der Waals surface area contributed by atoms with Gasteiger partial charge in [0.1, 0.15) is 10.1 Å². The molecule has 3 rings (SSSR count). The zero-order valence-corrected chi connectivity index (χ0v) is 20.2. The van der Waals surface area contributed by atoms with Crippen LogP contribution in [-0.4, -0.2) is 42.0 Å². The van der Waals surface area contributed by atoms with E-state index in [1.165, 1.54) is 27.8 Å². The summed E-state index contributed by atoms with van der Waals surface area (Å²) < 4.78 is 17.7. The summed E-state index contributed by atoms with van der Waals surface area (Å²) in [6, 6.07) is 11.7. The fourth-order valence-electron chi connectivity index (χ4n) is 3.07. The van der Waals surface area contributed by atoms with Crippen LogP contribution in [0.3, 0.4) is 0 Å². The van der Waals surface area contributed by atoms with Gasteiger partial charge in [0.25, 0.3) is 5.91 Å². The summed E-state index contributed by atoms with van der Waals surface area (Å²) >= 11 is 6.57. The van der Waals surface area contributed by atoms with Crippen molar-refractivity contribution in [2.75, 3.05) is 26.9 Å². The lowest BCUT2D eigenvalue weighted by Gasteiger charge is -2.12. The Morgan fingerprint density at radius 3 is 2.56 bits per heavy atom. The molecule has 0 aliphatic carbocycles. The first-order valence-corrected chi connectivity index (χ1v) is 11.5. The number of nitrogens with zero attached hydrogens (tertiary/aromatic N) is 1. The molecule has 0 N–H and O–H groups in total. The Balaban J connectivity index is 1.56. The summed E-state index contributed by atoms with van der Waals surface area (Å²) in [7, 11) is 1.60. The van der Waals surface area contributed by atoms with Gasteiger partial charge in [0.05, 0.1) is 25.2 Å². The molecular weight excluding hydrogens is 442 g/mol. The van der Waals surface area contributed by atoms with E-state index in [-0.39, 0.29) is 5.91 Å². The maximum Gasteiger partial charge on any atom is 0.266 e. The molecule has 168 valence electrons. The van der Waals surface area contributed by atoms with Crippen LogP contribution in [0.1, 0.15) is 23.1 Å². The standard InChI is InChI=1S/C25H27NO4S2/c1-5-11-26-24(27)23(32-25(26)31)16-19-8-10-21(22(15-19)28-4)30-13-6-12-29-20-9-7-17(2)18(3)14-20/h5,7-10,14-16H,1,6,11-13H2,2-4H3/b23-16+.